The molecule has 0 aliphatic carbocycles. The highest BCUT2D eigenvalue weighted by Gasteiger charge is 2.03. The van der Waals surface area contributed by atoms with E-state index in [1.54, 1.807) is 6.07 Å². The average Bonchev–Trinajstić information content (AvgIpc) is 2.13. The van der Waals surface area contributed by atoms with Gasteiger partial charge in [0.2, 0.25) is 0 Å². The number of rotatable bonds is 2. The summed E-state index contributed by atoms with van der Waals surface area (Å²) in [7, 11) is 1.85. The van der Waals surface area contributed by atoms with E-state index in [2.05, 4.69) is 11.4 Å². The van der Waals surface area contributed by atoms with Gasteiger partial charge in [-0.3, -0.25) is 0 Å². The molecule has 0 radical (unpaired) electrons. The van der Waals surface area contributed by atoms with Crippen molar-refractivity contribution in [1.82, 2.24) is 5.32 Å². The lowest BCUT2D eigenvalue weighted by atomic mass is 10.0. The molecule has 1 aromatic carbocycles. The third-order valence-corrected chi connectivity index (χ3v) is 1.97. The van der Waals surface area contributed by atoms with Gasteiger partial charge >= 0.3 is 0 Å². The van der Waals surface area contributed by atoms with Crippen molar-refractivity contribution >= 4 is 5.69 Å². The molecule has 13 heavy (non-hydrogen) atoms. The van der Waals surface area contributed by atoms with Crippen molar-refractivity contribution in [3.63, 3.8) is 0 Å². The highest BCUT2D eigenvalue weighted by molar-refractivity contribution is 5.57. The van der Waals surface area contributed by atoms with Crippen LogP contribution < -0.4 is 11.1 Å². The van der Waals surface area contributed by atoms with Crippen molar-refractivity contribution in [2.75, 3.05) is 12.8 Å². The van der Waals surface area contributed by atoms with Crippen LogP contribution in [-0.2, 0) is 6.54 Å². The Morgan fingerprint density at radius 3 is 2.77 bits per heavy atom. The van der Waals surface area contributed by atoms with E-state index in [4.69, 9.17) is 11.0 Å². The molecule has 0 aliphatic rings. The number of nitrogens with one attached hydrogen (secondary N) is 1. The van der Waals surface area contributed by atoms with Gasteiger partial charge in [0.05, 0.1) is 11.6 Å². The third kappa shape index (κ3) is 1.98. The molecule has 3 nitrogen and oxygen atoms in total. The predicted octanol–water partition coefficient (Wildman–Crippen LogP) is 1.17. The van der Waals surface area contributed by atoms with Gasteiger partial charge < -0.3 is 11.1 Å². The number of hydrogen-bond acceptors (Lipinski definition) is 3. The van der Waals surface area contributed by atoms with Gasteiger partial charge in [-0.1, -0.05) is 0 Å². The van der Waals surface area contributed by atoms with Crippen LogP contribution in [0.15, 0.2) is 12.1 Å². The lowest BCUT2D eigenvalue weighted by Gasteiger charge is -2.08. The van der Waals surface area contributed by atoms with Crippen LogP contribution in [0.4, 0.5) is 5.69 Å². The Balaban J connectivity index is 3.18. The summed E-state index contributed by atoms with van der Waals surface area (Å²) in [6.45, 7) is 2.61. The van der Waals surface area contributed by atoms with Gasteiger partial charge in [-0.05, 0) is 37.2 Å². The van der Waals surface area contributed by atoms with Gasteiger partial charge in [0.15, 0.2) is 0 Å². The summed E-state index contributed by atoms with van der Waals surface area (Å²) >= 11 is 0. The number of anilines is 1. The van der Waals surface area contributed by atoms with Gasteiger partial charge in [-0.25, -0.2) is 0 Å². The van der Waals surface area contributed by atoms with Crippen LogP contribution in [0, 0.1) is 18.3 Å². The summed E-state index contributed by atoms with van der Waals surface area (Å²) in [6.07, 6.45) is 0. The first-order valence-electron chi connectivity index (χ1n) is 4.12. The second-order valence-corrected chi connectivity index (χ2v) is 3.01. The largest absolute Gasteiger partial charge is 0.398 e. The second-order valence-electron chi connectivity index (χ2n) is 3.01. The third-order valence-electron chi connectivity index (χ3n) is 1.97. The van der Waals surface area contributed by atoms with E-state index >= 15 is 0 Å². The molecule has 3 N–H and O–H groups in total. The normalized spacial score (nSPS) is 9.62. The summed E-state index contributed by atoms with van der Waals surface area (Å²) < 4.78 is 0. The fourth-order valence-corrected chi connectivity index (χ4v) is 1.27. The van der Waals surface area contributed by atoms with E-state index in [-0.39, 0.29) is 0 Å². The monoisotopic (exact) mass is 175 g/mol. The molecule has 0 heterocycles. The van der Waals surface area contributed by atoms with Gasteiger partial charge in [-0.2, -0.15) is 5.26 Å². The lowest BCUT2D eigenvalue weighted by molar-refractivity contribution is 0.819. The number of nitriles is 1. The lowest BCUT2D eigenvalue weighted by Crippen LogP contribution is -2.08. The van der Waals surface area contributed by atoms with E-state index in [0.717, 1.165) is 16.8 Å². The molecule has 0 spiro atoms. The first-order chi connectivity index (χ1) is 6.19. The molecule has 0 aromatic heterocycles. The topological polar surface area (TPSA) is 61.8 Å². The van der Waals surface area contributed by atoms with E-state index in [9.17, 15) is 0 Å². The van der Waals surface area contributed by atoms with Gasteiger partial charge in [0, 0.05) is 12.2 Å². The highest BCUT2D eigenvalue weighted by atomic mass is 14.8. The summed E-state index contributed by atoms with van der Waals surface area (Å²) in [5, 5.41) is 11.7. The van der Waals surface area contributed by atoms with Crippen LogP contribution in [0.2, 0.25) is 0 Å². The minimum atomic E-state index is 0.664. The molecule has 3 heteroatoms. The maximum Gasteiger partial charge on any atom is 0.0991 e. The molecule has 68 valence electrons. The standard InChI is InChI=1S/C10H13N3/c1-7-3-8(5-11)4-9(6-13-2)10(7)12/h3-4,13H,6,12H2,1-2H3. The molecule has 0 atom stereocenters. The first-order valence-corrected chi connectivity index (χ1v) is 4.12. The Bertz CT molecular complexity index is 350. The smallest absolute Gasteiger partial charge is 0.0991 e. The van der Waals surface area contributed by atoms with E-state index < -0.39 is 0 Å². The summed E-state index contributed by atoms with van der Waals surface area (Å²) in [4.78, 5) is 0. The van der Waals surface area contributed by atoms with E-state index in [0.29, 0.717) is 12.1 Å². The summed E-state index contributed by atoms with van der Waals surface area (Å²) in [5.74, 6) is 0. The molecule has 0 fully saturated rings. The van der Waals surface area contributed by atoms with Gasteiger partial charge in [-0.15, -0.1) is 0 Å². The zero-order valence-electron chi connectivity index (χ0n) is 7.89. The number of aryl methyl sites for hydroxylation is 1. The number of hydrogen-bond donors (Lipinski definition) is 2. The molecule has 1 aromatic rings. The molecule has 0 amide bonds. The second kappa shape index (κ2) is 3.92. The van der Waals surface area contributed by atoms with Crippen molar-refractivity contribution in [2.45, 2.75) is 13.5 Å². The molecule has 0 aliphatic heterocycles. The molecule has 1 rings (SSSR count). The number of nitrogens with zero attached hydrogens (tertiary/aromatic N) is 1. The number of nitrogens with two attached hydrogens (primary N) is 1. The van der Waals surface area contributed by atoms with Crippen LogP contribution in [0.5, 0.6) is 0 Å². The summed E-state index contributed by atoms with van der Waals surface area (Å²) in [6, 6.07) is 5.73. The minimum absolute atomic E-state index is 0.664. The van der Waals surface area contributed by atoms with Crippen LogP contribution >= 0.6 is 0 Å². The summed E-state index contributed by atoms with van der Waals surface area (Å²) in [5.41, 5.74) is 9.23. The molecule has 0 saturated heterocycles. The van der Waals surface area contributed by atoms with Gasteiger partial charge in [0.1, 0.15) is 0 Å². The average molecular weight is 175 g/mol. The quantitative estimate of drug-likeness (QED) is 0.663. The van der Waals surface area contributed by atoms with Crippen molar-refractivity contribution in [3.05, 3.63) is 28.8 Å². The Morgan fingerprint density at radius 2 is 2.23 bits per heavy atom. The van der Waals surface area contributed by atoms with Crippen molar-refractivity contribution in [2.24, 2.45) is 0 Å². The van der Waals surface area contributed by atoms with Crippen molar-refractivity contribution < 1.29 is 0 Å². The first kappa shape index (κ1) is 9.56. The van der Waals surface area contributed by atoms with Crippen LogP contribution in [0.1, 0.15) is 16.7 Å². The van der Waals surface area contributed by atoms with Gasteiger partial charge in [0.25, 0.3) is 0 Å². The van der Waals surface area contributed by atoms with Crippen LogP contribution in [0.3, 0.4) is 0 Å². The molecular weight excluding hydrogens is 162 g/mol. The van der Waals surface area contributed by atoms with E-state index in [1.165, 1.54) is 0 Å². The van der Waals surface area contributed by atoms with Crippen LogP contribution in [-0.4, -0.2) is 7.05 Å². The molecule has 0 bridgehead atoms. The predicted molar refractivity (Wildman–Crippen MR) is 53.1 cm³/mol. The minimum Gasteiger partial charge on any atom is -0.398 e. The SMILES string of the molecule is CNCc1cc(C#N)cc(C)c1N. The fraction of sp³-hybridized carbons (Fsp3) is 0.300. The van der Waals surface area contributed by atoms with Crippen molar-refractivity contribution in [1.29, 1.82) is 5.26 Å². The maximum atomic E-state index is 8.73. The van der Waals surface area contributed by atoms with E-state index in [1.807, 2.05) is 20.0 Å². The van der Waals surface area contributed by atoms with Crippen LogP contribution in [0.25, 0.3) is 0 Å². The zero-order valence-corrected chi connectivity index (χ0v) is 7.89. The Labute approximate surface area is 78.2 Å². The zero-order chi connectivity index (χ0) is 9.84. The highest BCUT2D eigenvalue weighted by Crippen LogP contribution is 2.18. The Morgan fingerprint density at radius 1 is 1.54 bits per heavy atom. The molecule has 0 saturated carbocycles. The molecule has 0 unspecified atom stereocenters. The Kier molecular flexibility index (Phi) is 2.88. The Hall–Kier alpha value is -1.53. The molecular formula is C10H13N3. The number of nitrogen functional groups attached to an aromatic ring is 1. The van der Waals surface area contributed by atoms with Crippen molar-refractivity contribution in [3.8, 4) is 6.07 Å². The maximum absolute atomic E-state index is 8.73. The number of benzene rings is 1. The fourth-order valence-electron chi connectivity index (χ4n) is 1.27.